The van der Waals surface area contributed by atoms with Crippen molar-refractivity contribution in [2.45, 2.75) is 25.3 Å². The van der Waals surface area contributed by atoms with Crippen molar-refractivity contribution < 1.29 is 14.0 Å². The van der Waals surface area contributed by atoms with E-state index in [0.29, 0.717) is 24.9 Å². The van der Waals surface area contributed by atoms with E-state index < -0.39 is 17.8 Å². The van der Waals surface area contributed by atoms with Gasteiger partial charge in [-0.15, -0.1) is 0 Å². The standard InChI is InChI=1S/C21H19FN4O2/c22-15-8-6-14-7-9-17(20(27)24-18(14)11-15)23-21(28)19-12-16(25-26-19)10-13-4-2-1-3-5-13/h1-6,8,11-12,17H,7,9-10H2,(H,23,28)(H,24,27)(H,25,26). The highest BCUT2D eigenvalue weighted by atomic mass is 19.1. The minimum Gasteiger partial charge on any atom is -0.339 e. The van der Waals surface area contributed by atoms with Crippen LogP contribution in [0.2, 0.25) is 0 Å². The van der Waals surface area contributed by atoms with Crippen molar-refractivity contribution in [3.63, 3.8) is 0 Å². The van der Waals surface area contributed by atoms with Gasteiger partial charge in [-0.3, -0.25) is 14.7 Å². The zero-order valence-corrected chi connectivity index (χ0v) is 15.0. The number of hydrogen-bond donors (Lipinski definition) is 3. The lowest BCUT2D eigenvalue weighted by molar-refractivity contribution is -0.118. The van der Waals surface area contributed by atoms with Crippen LogP contribution in [0, 0.1) is 5.82 Å². The molecule has 1 unspecified atom stereocenters. The van der Waals surface area contributed by atoms with Gasteiger partial charge in [-0.1, -0.05) is 36.4 Å². The molecule has 1 aliphatic heterocycles. The fourth-order valence-electron chi connectivity index (χ4n) is 3.29. The number of rotatable bonds is 4. The van der Waals surface area contributed by atoms with Crippen LogP contribution in [0.3, 0.4) is 0 Å². The Hall–Kier alpha value is -3.48. The molecule has 142 valence electrons. The van der Waals surface area contributed by atoms with Gasteiger partial charge in [-0.05, 0) is 42.2 Å². The second-order valence-corrected chi connectivity index (χ2v) is 6.80. The molecule has 1 aromatic heterocycles. The Kier molecular flexibility index (Phi) is 4.89. The van der Waals surface area contributed by atoms with Gasteiger partial charge in [-0.25, -0.2) is 4.39 Å². The number of nitrogens with zero attached hydrogens (tertiary/aromatic N) is 1. The largest absolute Gasteiger partial charge is 0.339 e. The van der Waals surface area contributed by atoms with Crippen LogP contribution >= 0.6 is 0 Å². The molecule has 4 rings (SSSR count). The van der Waals surface area contributed by atoms with Crippen LogP contribution in [0.5, 0.6) is 0 Å². The first-order valence-corrected chi connectivity index (χ1v) is 9.07. The van der Waals surface area contributed by atoms with Crippen LogP contribution in [-0.2, 0) is 17.6 Å². The number of H-pyrrole nitrogens is 1. The number of anilines is 1. The number of carbonyl (C=O) groups is 2. The van der Waals surface area contributed by atoms with Crippen molar-refractivity contribution in [1.29, 1.82) is 0 Å². The van der Waals surface area contributed by atoms with Gasteiger partial charge < -0.3 is 10.6 Å². The Morgan fingerprint density at radius 3 is 2.82 bits per heavy atom. The molecule has 1 aliphatic rings. The topological polar surface area (TPSA) is 86.9 Å². The van der Waals surface area contributed by atoms with E-state index in [9.17, 15) is 14.0 Å². The highest BCUT2D eigenvalue weighted by molar-refractivity contribution is 6.01. The Balaban J connectivity index is 1.42. The zero-order chi connectivity index (χ0) is 19.5. The normalized spacial score (nSPS) is 16.0. The number of halogens is 1. The number of aromatic amines is 1. The monoisotopic (exact) mass is 378 g/mol. The summed E-state index contributed by atoms with van der Waals surface area (Å²) in [7, 11) is 0. The van der Waals surface area contributed by atoms with E-state index in [1.165, 1.54) is 12.1 Å². The van der Waals surface area contributed by atoms with Gasteiger partial charge in [0.05, 0.1) is 0 Å². The third-order valence-electron chi connectivity index (χ3n) is 4.75. The maximum Gasteiger partial charge on any atom is 0.272 e. The number of fused-ring (bicyclic) bond motifs is 1. The maximum atomic E-state index is 13.4. The molecule has 2 aromatic carbocycles. The summed E-state index contributed by atoms with van der Waals surface area (Å²) in [5.41, 5.74) is 3.44. The Labute approximate surface area is 161 Å². The van der Waals surface area contributed by atoms with Crippen LogP contribution in [0.4, 0.5) is 10.1 Å². The summed E-state index contributed by atoms with van der Waals surface area (Å²) in [5.74, 6) is -1.20. The number of amides is 2. The van der Waals surface area contributed by atoms with Gasteiger partial charge in [0, 0.05) is 17.8 Å². The first-order chi connectivity index (χ1) is 13.6. The highest BCUT2D eigenvalue weighted by Crippen LogP contribution is 2.23. The van der Waals surface area contributed by atoms with E-state index >= 15 is 0 Å². The van der Waals surface area contributed by atoms with E-state index in [0.717, 1.165) is 16.8 Å². The van der Waals surface area contributed by atoms with Crippen molar-refractivity contribution in [3.05, 3.63) is 82.9 Å². The summed E-state index contributed by atoms with van der Waals surface area (Å²) in [5, 5.41) is 12.3. The van der Waals surface area contributed by atoms with Gasteiger partial charge >= 0.3 is 0 Å². The number of aryl methyl sites for hydroxylation is 1. The molecular formula is C21H19FN4O2. The minimum atomic E-state index is -0.711. The lowest BCUT2D eigenvalue weighted by atomic mass is 10.1. The third kappa shape index (κ3) is 3.93. The summed E-state index contributed by atoms with van der Waals surface area (Å²) in [6, 6.07) is 15.1. The van der Waals surface area contributed by atoms with Crippen LogP contribution in [0.15, 0.2) is 54.6 Å². The van der Waals surface area contributed by atoms with Gasteiger partial charge in [0.25, 0.3) is 5.91 Å². The molecule has 0 spiro atoms. The molecule has 3 N–H and O–H groups in total. The molecule has 0 saturated heterocycles. The molecule has 2 heterocycles. The highest BCUT2D eigenvalue weighted by Gasteiger charge is 2.26. The number of nitrogens with one attached hydrogen (secondary N) is 3. The smallest absolute Gasteiger partial charge is 0.272 e. The zero-order valence-electron chi connectivity index (χ0n) is 15.0. The predicted molar refractivity (Wildman–Crippen MR) is 102 cm³/mol. The average molecular weight is 378 g/mol. The molecule has 0 bridgehead atoms. The van der Waals surface area contributed by atoms with Crippen LogP contribution < -0.4 is 10.6 Å². The molecule has 0 radical (unpaired) electrons. The van der Waals surface area contributed by atoms with Crippen molar-refractivity contribution in [1.82, 2.24) is 15.5 Å². The molecule has 0 saturated carbocycles. The van der Waals surface area contributed by atoms with Gasteiger partial charge in [-0.2, -0.15) is 5.10 Å². The molecule has 28 heavy (non-hydrogen) atoms. The van der Waals surface area contributed by atoms with Crippen LogP contribution in [0.1, 0.15) is 33.7 Å². The molecular weight excluding hydrogens is 359 g/mol. The lowest BCUT2D eigenvalue weighted by Crippen LogP contribution is -2.43. The molecule has 1 atom stereocenters. The van der Waals surface area contributed by atoms with Crippen LogP contribution in [-0.4, -0.2) is 28.1 Å². The summed E-state index contributed by atoms with van der Waals surface area (Å²) < 4.78 is 13.4. The second-order valence-electron chi connectivity index (χ2n) is 6.80. The Morgan fingerprint density at radius 2 is 2.00 bits per heavy atom. The Bertz CT molecular complexity index is 1020. The first kappa shape index (κ1) is 17.9. The molecule has 0 aliphatic carbocycles. The second kappa shape index (κ2) is 7.64. The maximum absolute atomic E-state index is 13.4. The predicted octanol–water partition coefficient (Wildman–Crippen LogP) is 2.82. The average Bonchev–Trinajstić information content (AvgIpc) is 3.09. The van der Waals surface area contributed by atoms with Crippen molar-refractivity contribution >= 4 is 17.5 Å². The third-order valence-corrected chi connectivity index (χ3v) is 4.75. The molecule has 2 amide bonds. The summed E-state index contributed by atoms with van der Waals surface area (Å²) >= 11 is 0. The van der Waals surface area contributed by atoms with E-state index in [2.05, 4.69) is 20.8 Å². The van der Waals surface area contributed by atoms with Crippen molar-refractivity contribution in [2.24, 2.45) is 0 Å². The van der Waals surface area contributed by atoms with E-state index in [1.807, 2.05) is 30.3 Å². The van der Waals surface area contributed by atoms with E-state index in [4.69, 9.17) is 0 Å². The molecule has 0 fully saturated rings. The summed E-state index contributed by atoms with van der Waals surface area (Å²) in [6.07, 6.45) is 1.61. The quantitative estimate of drug-likeness (QED) is 0.652. The van der Waals surface area contributed by atoms with Gasteiger partial charge in [0.2, 0.25) is 5.91 Å². The molecule has 6 nitrogen and oxygen atoms in total. The van der Waals surface area contributed by atoms with Crippen molar-refractivity contribution in [2.75, 3.05) is 5.32 Å². The number of aromatic nitrogens is 2. The van der Waals surface area contributed by atoms with Gasteiger partial charge in [0.15, 0.2) is 0 Å². The van der Waals surface area contributed by atoms with E-state index in [1.54, 1.807) is 12.1 Å². The summed E-state index contributed by atoms with van der Waals surface area (Å²) in [6.45, 7) is 0. The Morgan fingerprint density at radius 1 is 1.18 bits per heavy atom. The fourth-order valence-corrected chi connectivity index (χ4v) is 3.29. The fraction of sp³-hybridized carbons (Fsp3) is 0.190. The number of benzene rings is 2. The number of hydrogen-bond acceptors (Lipinski definition) is 3. The van der Waals surface area contributed by atoms with E-state index in [-0.39, 0.29) is 11.6 Å². The molecule has 7 heteroatoms. The SMILES string of the molecule is O=C(NC1CCc2ccc(F)cc2NC1=O)c1cc(Cc2ccccc2)[nH]n1. The van der Waals surface area contributed by atoms with Crippen molar-refractivity contribution in [3.8, 4) is 0 Å². The number of carbonyl (C=O) groups excluding carboxylic acids is 2. The van der Waals surface area contributed by atoms with Crippen LogP contribution in [0.25, 0.3) is 0 Å². The lowest BCUT2D eigenvalue weighted by Gasteiger charge is -2.14. The first-order valence-electron chi connectivity index (χ1n) is 9.07. The minimum absolute atomic E-state index is 0.228. The van der Waals surface area contributed by atoms with Gasteiger partial charge in [0.1, 0.15) is 17.6 Å². The summed E-state index contributed by atoms with van der Waals surface area (Å²) in [4.78, 5) is 25.0. The molecule has 3 aromatic rings.